The van der Waals surface area contributed by atoms with Crippen LogP contribution in [0, 0.1) is 0 Å². The molecule has 8 heteroatoms. The highest BCUT2D eigenvalue weighted by atomic mass is 16.5. The van der Waals surface area contributed by atoms with Crippen molar-refractivity contribution in [3.05, 3.63) is 59.7 Å². The second-order valence-corrected chi connectivity index (χ2v) is 8.67. The molecule has 0 atom stereocenters. The van der Waals surface area contributed by atoms with Crippen LogP contribution >= 0.6 is 0 Å². The van der Waals surface area contributed by atoms with Crippen molar-refractivity contribution in [2.75, 3.05) is 33.9 Å². The molecule has 0 aromatic heterocycles. The van der Waals surface area contributed by atoms with Crippen LogP contribution in [-0.4, -0.2) is 56.4 Å². The Morgan fingerprint density at radius 1 is 1.03 bits per heavy atom. The van der Waals surface area contributed by atoms with Crippen LogP contribution in [0.4, 0.5) is 0 Å². The van der Waals surface area contributed by atoms with Gasteiger partial charge in [-0.2, -0.15) is 0 Å². The molecule has 35 heavy (non-hydrogen) atoms. The van der Waals surface area contributed by atoms with E-state index in [0.29, 0.717) is 66.7 Å². The molecule has 3 aromatic rings. The van der Waals surface area contributed by atoms with Gasteiger partial charge in [0.15, 0.2) is 5.72 Å². The van der Waals surface area contributed by atoms with E-state index in [1.165, 1.54) is 0 Å². The minimum Gasteiger partial charge on any atom is -0.496 e. The summed E-state index contributed by atoms with van der Waals surface area (Å²) < 4.78 is 22.8. The van der Waals surface area contributed by atoms with Crippen LogP contribution in [0.3, 0.4) is 0 Å². The minimum atomic E-state index is -0.835. The molecule has 1 N–H and O–H groups in total. The monoisotopic (exact) mass is 476 g/mol. The standard InChI is InChI=1S/C27H28N2O6/c1-4-34-18-8-9-23-21(16-18)25(30)28-27(35-23)10-12-29(13-11-27)26(31)17-14-20-19(24(15-17)33-3)6-5-7-22(20)32-2/h5-9,14-16H,4,10-13H2,1-3H3,(H,28,30). The predicted molar refractivity (Wildman–Crippen MR) is 131 cm³/mol. The van der Waals surface area contributed by atoms with Crippen LogP contribution in [-0.2, 0) is 0 Å². The molecule has 8 nitrogen and oxygen atoms in total. The van der Waals surface area contributed by atoms with Crippen molar-refractivity contribution in [3.8, 4) is 23.0 Å². The minimum absolute atomic E-state index is 0.102. The number of rotatable bonds is 5. The number of carbonyl (C=O) groups is 2. The lowest BCUT2D eigenvalue weighted by Crippen LogP contribution is -2.61. The van der Waals surface area contributed by atoms with Crippen molar-refractivity contribution >= 4 is 22.6 Å². The number of nitrogens with one attached hydrogen (secondary N) is 1. The Morgan fingerprint density at radius 2 is 1.80 bits per heavy atom. The van der Waals surface area contributed by atoms with E-state index in [4.69, 9.17) is 18.9 Å². The highest BCUT2D eigenvalue weighted by Gasteiger charge is 2.43. The van der Waals surface area contributed by atoms with Crippen LogP contribution in [0.1, 0.15) is 40.5 Å². The lowest BCUT2D eigenvalue weighted by atomic mass is 9.96. The van der Waals surface area contributed by atoms with Crippen molar-refractivity contribution in [3.63, 3.8) is 0 Å². The molecule has 0 aliphatic carbocycles. The maximum atomic E-state index is 13.4. The number of nitrogens with zero attached hydrogens (tertiary/aromatic N) is 1. The van der Waals surface area contributed by atoms with Crippen LogP contribution in [0.5, 0.6) is 23.0 Å². The second kappa shape index (κ2) is 9.02. The zero-order valence-corrected chi connectivity index (χ0v) is 20.1. The number of methoxy groups -OCH3 is 2. The number of carbonyl (C=O) groups excluding carboxylic acids is 2. The molecular formula is C27H28N2O6. The molecule has 5 rings (SSSR count). The molecule has 0 saturated carbocycles. The largest absolute Gasteiger partial charge is 0.496 e. The number of likely N-dealkylation sites (tertiary alicyclic amines) is 1. The van der Waals surface area contributed by atoms with Gasteiger partial charge in [-0.1, -0.05) is 12.1 Å². The van der Waals surface area contributed by atoms with E-state index < -0.39 is 5.72 Å². The summed E-state index contributed by atoms with van der Waals surface area (Å²) in [5.74, 6) is 2.16. The fraction of sp³-hybridized carbons (Fsp3) is 0.333. The summed E-state index contributed by atoms with van der Waals surface area (Å²) in [6.07, 6.45) is 0.955. The zero-order chi connectivity index (χ0) is 24.6. The molecule has 1 saturated heterocycles. The first-order valence-electron chi connectivity index (χ1n) is 11.7. The molecule has 2 amide bonds. The topological polar surface area (TPSA) is 86.3 Å². The van der Waals surface area contributed by atoms with Crippen molar-refractivity contribution in [2.45, 2.75) is 25.5 Å². The summed E-state index contributed by atoms with van der Waals surface area (Å²) in [5, 5.41) is 4.72. The molecule has 182 valence electrons. The zero-order valence-electron chi connectivity index (χ0n) is 20.1. The summed E-state index contributed by atoms with van der Waals surface area (Å²) >= 11 is 0. The highest BCUT2D eigenvalue weighted by molar-refractivity contribution is 6.03. The maximum absolute atomic E-state index is 13.4. The maximum Gasteiger partial charge on any atom is 0.258 e. The average Bonchev–Trinajstić information content (AvgIpc) is 2.88. The molecule has 0 bridgehead atoms. The van der Waals surface area contributed by atoms with Gasteiger partial charge in [0.05, 0.1) is 26.4 Å². The third-order valence-corrected chi connectivity index (χ3v) is 6.62. The molecular weight excluding hydrogens is 448 g/mol. The molecule has 0 radical (unpaired) electrons. The van der Waals surface area contributed by atoms with Gasteiger partial charge in [0.1, 0.15) is 23.0 Å². The summed E-state index contributed by atoms with van der Waals surface area (Å²) in [5.41, 5.74) is 0.146. The van der Waals surface area contributed by atoms with E-state index >= 15 is 0 Å². The number of hydrogen-bond acceptors (Lipinski definition) is 6. The van der Waals surface area contributed by atoms with Crippen LogP contribution in [0.2, 0.25) is 0 Å². The lowest BCUT2D eigenvalue weighted by molar-refractivity contribution is -0.0246. The summed E-state index contributed by atoms with van der Waals surface area (Å²) in [4.78, 5) is 28.1. The van der Waals surface area contributed by atoms with Gasteiger partial charge in [-0.15, -0.1) is 0 Å². The quantitative estimate of drug-likeness (QED) is 0.599. The van der Waals surface area contributed by atoms with Gasteiger partial charge in [-0.25, -0.2) is 0 Å². The van der Waals surface area contributed by atoms with Crippen molar-refractivity contribution in [1.82, 2.24) is 10.2 Å². The molecule has 2 aliphatic rings. The summed E-state index contributed by atoms with van der Waals surface area (Å²) in [6, 6.07) is 14.6. The molecule has 0 unspecified atom stereocenters. The molecule has 1 spiro atoms. The Bertz CT molecular complexity index is 1300. The normalized spacial score (nSPS) is 16.3. The van der Waals surface area contributed by atoms with Gasteiger partial charge < -0.3 is 29.2 Å². The molecule has 2 aliphatic heterocycles. The fourth-order valence-electron chi connectivity index (χ4n) is 4.82. The van der Waals surface area contributed by atoms with E-state index in [9.17, 15) is 9.59 Å². The van der Waals surface area contributed by atoms with E-state index in [1.807, 2.05) is 31.2 Å². The Balaban J connectivity index is 1.35. The van der Waals surface area contributed by atoms with E-state index in [0.717, 1.165) is 10.8 Å². The van der Waals surface area contributed by atoms with Gasteiger partial charge >= 0.3 is 0 Å². The van der Waals surface area contributed by atoms with Crippen molar-refractivity contribution in [2.24, 2.45) is 0 Å². The van der Waals surface area contributed by atoms with E-state index in [2.05, 4.69) is 5.32 Å². The van der Waals surface area contributed by atoms with Crippen LogP contribution in [0.25, 0.3) is 10.8 Å². The number of piperidine rings is 1. The number of benzene rings is 3. The highest BCUT2D eigenvalue weighted by Crippen LogP contribution is 2.37. The first kappa shape index (κ1) is 22.8. The number of hydrogen-bond donors (Lipinski definition) is 1. The second-order valence-electron chi connectivity index (χ2n) is 8.67. The van der Waals surface area contributed by atoms with Gasteiger partial charge in [-0.05, 0) is 43.3 Å². The average molecular weight is 477 g/mol. The third kappa shape index (κ3) is 4.09. The van der Waals surface area contributed by atoms with Crippen molar-refractivity contribution < 1.29 is 28.5 Å². The molecule has 1 fully saturated rings. The van der Waals surface area contributed by atoms with Gasteiger partial charge in [-0.3, -0.25) is 9.59 Å². The Hall–Kier alpha value is -3.94. The van der Waals surface area contributed by atoms with Crippen LogP contribution in [0.15, 0.2) is 48.5 Å². The molecule has 2 heterocycles. The Labute approximate surface area is 203 Å². The summed E-state index contributed by atoms with van der Waals surface area (Å²) in [6.45, 7) is 3.30. The van der Waals surface area contributed by atoms with Gasteiger partial charge in [0, 0.05) is 42.3 Å². The Morgan fingerprint density at radius 3 is 2.51 bits per heavy atom. The SMILES string of the molecule is CCOc1ccc2c(c1)C(=O)NC1(CCN(C(=O)c3cc(OC)c4cccc(OC)c4c3)CC1)O2. The predicted octanol–water partition coefficient (Wildman–Crippen LogP) is 4.01. The first-order valence-corrected chi connectivity index (χ1v) is 11.7. The third-order valence-electron chi connectivity index (χ3n) is 6.62. The van der Waals surface area contributed by atoms with Crippen LogP contribution < -0.4 is 24.3 Å². The van der Waals surface area contributed by atoms with Gasteiger partial charge in [0.2, 0.25) is 0 Å². The van der Waals surface area contributed by atoms with Crippen molar-refractivity contribution in [1.29, 1.82) is 0 Å². The number of fused-ring (bicyclic) bond motifs is 2. The molecule has 3 aromatic carbocycles. The number of ether oxygens (including phenoxy) is 4. The Kier molecular flexibility index (Phi) is 5.88. The van der Waals surface area contributed by atoms with E-state index in [-0.39, 0.29) is 11.8 Å². The van der Waals surface area contributed by atoms with Gasteiger partial charge in [0.25, 0.3) is 11.8 Å². The smallest absolute Gasteiger partial charge is 0.258 e. The fourth-order valence-corrected chi connectivity index (χ4v) is 4.82. The first-order chi connectivity index (χ1) is 17.0. The summed E-state index contributed by atoms with van der Waals surface area (Å²) in [7, 11) is 3.19. The van der Waals surface area contributed by atoms with E-state index in [1.54, 1.807) is 43.4 Å². The lowest BCUT2D eigenvalue weighted by Gasteiger charge is -2.44. The number of amides is 2.